The first kappa shape index (κ1) is 17.2. The van der Waals surface area contributed by atoms with Crippen molar-refractivity contribution in [1.82, 2.24) is 20.8 Å². The molecule has 1 atom stereocenters. The van der Waals surface area contributed by atoms with E-state index in [0.29, 0.717) is 24.2 Å². The molecule has 1 unspecified atom stereocenters. The van der Waals surface area contributed by atoms with Crippen molar-refractivity contribution >= 4 is 11.6 Å². The molecule has 25 heavy (non-hydrogen) atoms. The maximum Gasteiger partial charge on any atom is 0.223 e. The Kier molecular flexibility index (Phi) is 5.47. The van der Waals surface area contributed by atoms with Crippen LogP contribution in [0.1, 0.15) is 24.6 Å². The van der Waals surface area contributed by atoms with Gasteiger partial charge >= 0.3 is 0 Å². The van der Waals surface area contributed by atoms with Gasteiger partial charge in [-0.3, -0.25) is 4.99 Å². The van der Waals surface area contributed by atoms with E-state index in [1.165, 1.54) is 6.07 Å². The Bertz CT molecular complexity index is 731. The van der Waals surface area contributed by atoms with Gasteiger partial charge in [-0.15, -0.1) is 0 Å². The van der Waals surface area contributed by atoms with E-state index in [2.05, 4.69) is 30.7 Å². The molecule has 0 aliphatic carbocycles. The van der Waals surface area contributed by atoms with Gasteiger partial charge in [-0.05, 0) is 31.0 Å². The lowest BCUT2D eigenvalue weighted by Crippen LogP contribution is -2.51. The lowest BCUT2D eigenvalue weighted by molar-refractivity contribution is 0.386. The Morgan fingerprint density at radius 3 is 3.08 bits per heavy atom. The number of aliphatic imine (C=N–C) groups is 1. The molecule has 1 aliphatic heterocycles. The molecule has 7 nitrogen and oxygen atoms in total. The molecule has 0 radical (unpaired) electrons. The first-order chi connectivity index (χ1) is 12.1. The van der Waals surface area contributed by atoms with Crippen LogP contribution in [0.5, 0.6) is 0 Å². The predicted molar refractivity (Wildman–Crippen MR) is 94.0 cm³/mol. The van der Waals surface area contributed by atoms with E-state index in [1.54, 1.807) is 26.1 Å². The molecule has 2 N–H and O–H groups in total. The second kappa shape index (κ2) is 7.96. The fourth-order valence-electron chi connectivity index (χ4n) is 2.97. The van der Waals surface area contributed by atoms with Crippen molar-refractivity contribution in [3.63, 3.8) is 0 Å². The highest BCUT2D eigenvalue weighted by Gasteiger charge is 2.21. The molecule has 1 aromatic heterocycles. The molecule has 0 bridgehead atoms. The molecule has 0 spiro atoms. The van der Waals surface area contributed by atoms with Crippen molar-refractivity contribution in [3.8, 4) is 0 Å². The number of guanidine groups is 1. The Morgan fingerprint density at radius 2 is 2.36 bits per heavy atom. The minimum atomic E-state index is -0.208. The third kappa shape index (κ3) is 4.68. The zero-order valence-electron chi connectivity index (χ0n) is 14.5. The Balaban J connectivity index is 1.55. The Labute approximate surface area is 146 Å². The fourth-order valence-corrected chi connectivity index (χ4v) is 2.97. The summed E-state index contributed by atoms with van der Waals surface area (Å²) in [5.74, 6) is 1.61. The first-order valence-electron chi connectivity index (χ1n) is 8.41. The van der Waals surface area contributed by atoms with Gasteiger partial charge in [-0.1, -0.05) is 11.2 Å². The molecule has 0 amide bonds. The van der Waals surface area contributed by atoms with Crippen LogP contribution < -0.4 is 15.5 Å². The Morgan fingerprint density at radius 1 is 1.48 bits per heavy atom. The zero-order valence-corrected chi connectivity index (χ0v) is 14.5. The van der Waals surface area contributed by atoms with Crippen molar-refractivity contribution in [2.75, 3.05) is 25.0 Å². The summed E-state index contributed by atoms with van der Waals surface area (Å²) in [5.41, 5.74) is 0.914. The van der Waals surface area contributed by atoms with E-state index in [4.69, 9.17) is 4.52 Å². The smallest absolute Gasteiger partial charge is 0.223 e. The molecule has 2 heterocycles. The third-order valence-electron chi connectivity index (χ3n) is 4.14. The first-order valence-corrected chi connectivity index (χ1v) is 8.41. The van der Waals surface area contributed by atoms with Crippen LogP contribution in [0.3, 0.4) is 0 Å². The highest BCUT2D eigenvalue weighted by atomic mass is 19.1. The second-order valence-corrected chi connectivity index (χ2v) is 6.06. The van der Waals surface area contributed by atoms with Gasteiger partial charge in [0.1, 0.15) is 5.82 Å². The van der Waals surface area contributed by atoms with Gasteiger partial charge in [-0.2, -0.15) is 4.98 Å². The number of rotatable bonds is 4. The molecule has 1 aliphatic rings. The van der Waals surface area contributed by atoms with Gasteiger partial charge in [0.15, 0.2) is 11.8 Å². The molecule has 2 aromatic rings. The number of hydrogen-bond donors (Lipinski definition) is 2. The molecular formula is C17H23FN6O. The SMILES string of the molecule is CN=C(NCc1noc(C)n1)NC1CCCN(c2cccc(F)c2)C1. The number of aromatic nitrogens is 2. The zero-order chi connectivity index (χ0) is 17.6. The van der Waals surface area contributed by atoms with Crippen molar-refractivity contribution < 1.29 is 8.91 Å². The number of nitrogens with zero attached hydrogens (tertiary/aromatic N) is 4. The number of piperidine rings is 1. The molecule has 0 saturated carbocycles. The van der Waals surface area contributed by atoms with E-state index < -0.39 is 0 Å². The second-order valence-electron chi connectivity index (χ2n) is 6.06. The molecule has 1 aromatic carbocycles. The van der Waals surface area contributed by atoms with Crippen LogP contribution in [0.25, 0.3) is 0 Å². The maximum absolute atomic E-state index is 13.5. The van der Waals surface area contributed by atoms with Crippen LogP contribution >= 0.6 is 0 Å². The largest absolute Gasteiger partial charge is 0.369 e. The van der Waals surface area contributed by atoms with Crippen molar-refractivity contribution in [1.29, 1.82) is 0 Å². The number of anilines is 1. The minimum absolute atomic E-state index is 0.208. The number of aryl methyl sites for hydroxylation is 1. The van der Waals surface area contributed by atoms with E-state index in [-0.39, 0.29) is 11.9 Å². The van der Waals surface area contributed by atoms with Crippen molar-refractivity contribution in [2.45, 2.75) is 32.4 Å². The highest BCUT2D eigenvalue weighted by Crippen LogP contribution is 2.20. The van der Waals surface area contributed by atoms with Crippen LogP contribution in [-0.2, 0) is 6.54 Å². The minimum Gasteiger partial charge on any atom is -0.369 e. The highest BCUT2D eigenvalue weighted by molar-refractivity contribution is 5.80. The summed E-state index contributed by atoms with van der Waals surface area (Å²) in [4.78, 5) is 10.6. The monoisotopic (exact) mass is 346 g/mol. The van der Waals surface area contributed by atoms with Gasteiger partial charge in [0.05, 0.1) is 6.54 Å². The van der Waals surface area contributed by atoms with E-state index in [0.717, 1.165) is 31.6 Å². The third-order valence-corrected chi connectivity index (χ3v) is 4.14. The summed E-state index contributed by atoms with van der Waals surface area (Å²) in [6.07, 6.45) is 2.07. The number of benzene rings is 1. The van der Waals surface area contributed by atoms with E-state index in [9.17, 15) is 4.39 Å². The Hall–Kier alpha value is -2.64. The quantitative estimate of drug-likeness (QED) is 0.650. The molecule has 1 fully saturated rings. The normalized spacial score (nSPS) is 18.3. The lowest BCUT2D eigenvalue weighted by Gasteiger charge is -2.35. The van der Waals surface area contributed by atoms with Gasteiger partial charge in [0.2, 0.25) is 5.89 Å². The van der Waals surface area contributed by atoms with Gasteiger partial charge < -0.3 is 20.1 Å². The summed E-state index contributed by atoms with van der Waals surface area (Å²) in [6.45, 7) is 3.92. The average molecular weight is 346 g/mol. The van der Waals surface area contributed by atoms with Crippen LogP contribution in [0.15, 0.2) is 33.8 Å². The van der Waals surface area contributed by atoms with Crippen LogP contribution in [-0.4, -0.2) is 42.3 Å². The fraction of sp³-hybridized carbons (Fsp3) is 0.471. The lowest BCUT2D eigenvalue weighted by atomic mass is 10.0. The maximum atomic E-state index is 13.5. The van der Waals surface area contributed by atoms with Gasteiger partial charge in [-0.25, -0.2) is 4.39 Å². The van der Waals surface area contributed by atoms with Crippen LogP contribution in [0.4, 0.5) is 10.1 Å². The number of hydrogen-bond acceptors (Lipinski definition) is 5. The van der Waals surface area contributed by atoms with Crippen molar-refractivity contribution in [3.05, 3.63) is 41.8 Å². The topological polar surface area (TPSA) is 78.6 Å². The van der Waals surface area contributed by atoms with Gasteiger partial charge in [0.25, 0.3) is 0 Å². The predicted octanol–water partition coefficient (Wildman–Crippen LogP) is 1.85. The molecule has 3 rings (SSSR count). The summed E-state index contributed by atoms with van der Waals surface area (Å²) in [5, 5.41) is 10.5. The van der Waals surface area contributed by atoms with Gasteiger partial charge in [0, 0.05) is 38.8 Å². The summed E-state index contributed by atoms with van der Waals surface area (Å²) < 4.78 is 18.4. The van der Waals surface area contributed by atoms with E-state index >= 15 is 0 Å². The molecule has 134 valence electrons. The van der Waals surface area contributed by atoms with E-state index in [1.807, 2.05) is 6.07 Å². The molecule has 8 heteroatoms. The molecular weight excluding hydrogens is 323 g/mol. The van der Waals surface area contributed by atoms with Crippen molar-refractivity contribution in [2.24, 2.45) is 4.99 Å². The summed E-state index contributed by atoms with van der Waals surface area (Å²) in [6, 6.07) is 6.96. The summed E-state index contributed by atoms with van der Waals surface area (Å²) in [7, 11) is 1.73. The summed E-state index contributed by atoms with van der Waals surface area (Å²) >= 11 is 0. The number of nitrogens with one attached hydrogen (secondary N) is 2. The van der Waals surface area contributed by atoms with Crippen LogP contribution in [0, 0.1) is 12.7 Å². The average Bonchev–Trinajstić information content (AvgIpc) is 3.04. The standard InChI is InChI=1S/C17H23FN6O/c1-12-21-16(23-25-12)10-20-17(19-2)22-14-6-4-8-24(11-14)15-7-3-5-13(18)9-15/h3,5,7,9,14H,4,6,8,10-11H2,1-2H3,(H2,19,20,22). The van der Waals surface area contributed by atoms with Crippen LogP contribution in [0.2, 0.25) is 0 Å². The number of halogens is 1. The molecule has 1 saturated heterocycles.